The molecule has 0 radical (unpaired) electrons. The van der Waals surface area contributed by atoms with E-state index >= 15 is 0 Å². The third-order valence-electron chi connectivity index (χ3n) is 3.51. The second kappa shape index (κ2) is 7.35. The molecular weight excluding hydrogens is 298 g/mol. The van der Waals surface area contributed by atoms with Crippen LogP contribution in [0.25, 0.3) is 0 Å². The maximum atomic E-state index is 12.8. The molecule has 2 aromatic rings. The second-order valence-corrected chi connectivity index (χ2v) is 7.26. The van der Waals surface area contributed by atoms with Crippen molar-refractivity contribution in [3.8, 4) is 0 Å². The molecule has 0 saturated heterocycles. The first-order valence-corrected chi connectivity index (χ1v) is 8.94. The number of anilines is 1. The van der Waals surface area contributed by atoms with Crippen LogP contribution in [0.1, 0.15) is 26.0 Å². The molecule has 0 aliphatic carbocycles. The van der Waals surface area contributed by atoms with E-state index in [9.17, 15) is 8.42 Å². The van der Waals surface area contributed by atoms with Gasteiger partial charge in [0.15, 0.2) is 0 Å². The van der Waals surface area contributed by atoms with Gasteiger partial charge in [-0.25, -0.2) is 8.42 Å². The predicted molar refractivity (Wildman–Crippen MR) is 87.9 cm³/mol. The van der Waals surface area contributed by atoms with E-state index in [0.717, 1.165) is 6.42 Å². The lowest BCUT2D eigenvalue weighted by Crippen LogP contribution is -2.34. The SMILES string of the molecule is CC[C@H](C)CS(=O)(=O)N(Cc1ccccn1)c1ccncc1. The minimum Gasteiger partial charge on any atom is -0.265 e. The summed E-state index contributed by atoms with van der Waals surface area (Å²) in [5.74, 6) is 0.233. The van der Waals surface area contributed by atoms with Crippen molar-refractivity contribution in [1.82, 2.24) is 9.97 Å². The molecule has 0 fully saturated rings. The van der Waals surface area contributed by atoms with E-state index in [1.807, 2.05) is 32.0 Å². The van der Waals surface area contributed by atoms with Crippen LogP contribution in [0, 0.1) is 5.92 Å². The van der Waals surface area contributed by atoms with Gasteiger partial charge in [-0.1, -0.05) is 26.3 Å². The van der Waals surface area contributed by atoms with Gasteiger partial charge in [-0.2, -0.15) is 0 Å². The fourth-order valence-corrected chi connectivity index (χ4v) is 3.97. The molecule has 0 amide bonds. The number of nitrogens with zero attached hydrogens (tertiary/aromatic N) is 3. The van der Waals surface area contributed by atoms with Crippen molar-refractivity contribution >= 4 is 15.7 Å². The van der Waals surface area contributed by atoms with Crippen molar-refractivity contribution in [2.24, 2.45) is 5.92 Å². The van der Waals surface area contributed by atoms with Gasteiger partial charge < -0.3 is 0 Å². The van der Waals surface area contributed by atoms with Crippen LogP contribution in [-0.4, -0.2) is 24.1 Å². The Labute approximate surface area is 132 Å². The average Bonchev–Trinajstić information content (AvgIpc) is 2.53. The highest BCUT2D eigenvalue weighted by atomic mass is 32.2. The lowest BCUT2D eigenvalue weighted by molar-refractivity contribution is 0.559. The average molecular weight is 319 g/mol. The van der Waals surface area contributed by atoms with Crippen LogP contribution in [0.4, 0.5) is 5.69 Å². The fraction of sp³-hybridized carbons (Fsp3) is 0.375. The molecule has 2 heterocycles. The van der Waals surface area contributed by atoms with Crippen LogP contribution in [0.15, 0.2) is 48.9 Å². The number of rotatable bonds is 7. The van der Waals surface area contributed by atoms with E-state index in [4.69, 9.17) is 0 Å². The molecule has 0 aliphatic rings. The first-order valence-electron chi connectivity index (χ1n) is 7.33. The summed E-state index contributed by atoms with van der Waals surface area (Å²) in [6.07, 6.45) is 5.69. The molecule has 22 heavy (non-hydrogen) atoms. The normalized spacial score (nSPS) is 12.8. The van der Waals surface area contributed by atoms with E-state index in [2.05, 4.69) is 9.97 Å². The van der Waals surface area contributed by atoms with E-state index in [1.54, 1.807) is 30.7 Å². The molecule has 0 bridgehead atoms. The molecule has 0 spiro atoms. The van der Waals surface area contributed by atoms with Gasteiger partial charge in [0.25, 0.3) is 0 Å². The zero-order valence-electron chi connectivity index (χ0n) is 12.9. The monoisotopic (exact) mass is 319 g/mol. The minimum absolute atomic E-state index is 0.109. The highest BCUT2D eigenvalue weighted by Crippen LogP contribution is 2.21. The summed E-state index contributed by atoms with van der Waals surface area (Å²) in [5, 5.41) is 0. The van der Waals surface area contributed by atoms with E-state index in [1.165, 1.54) is 4.31 Å². The molecule has 2 rings (SSSR count). The molecule has 0 N–H and O–H groups in total. The molecule has 118 valence electrons. The predicted octanol–water partition coefficient (Wildman–Crippen LogP) is 2.86. The van der Waals surface area contributed by atoms with Crippen molar-refractivity contribution in [3.63, 3.8) is 0 Å². The van der Waals surface area contributed by atoms with Crippen molar-refractivity contribution in [2.45, 2.75) is 26.8 Å². The third-order valence-corrected chi connectivity index (χ3v) is 5.51. The second-order valence-electron chi connectivity index (χ2n) is 5.33. The Balaban J connectivity index is 2.34. The van der Waals surface area contributed by atoms with Gasteiger partial charge in [0.1, 0.15) is 0 Å². The summed E-state index contributed by atoms with van der Waals surface area (Å²) >= 11 is 0. The Bertz CT molecular complexity index is 675. The van der Waals surface area contributed by atoms with Gasteiger partial charge in [-0.3, -0.25) is 14.3 Å². The Hall–Kier alpha value is -1.95. The minimum atomic E-state index is -3.42. The lowest BCUT2D eigenvalue weighted by atomic mass is 10.2. The summed E-state index contributed by atoms with van der Waals surface area (Å²) in [6, 6.07) is 8.91. The van der Waals surface area contributed by atoms with E-state index < -0.39 is 10.0 Å². The number of aromatic nitrogens is 2. The summed E-state index contributed by atoms with van der Waals surface area (Å²) < 4.78 is 27.0. The summed E-state index contributed by atoms with van der Waals surface area (Å²) in [5.41, 5.74) is 1.33. The third kappa shape index (κ3) is 4.27. The van der Waals surface area contributed by atoms with Crippen LogP contribution in [0.3, 0.4) is 0 Å². The van der Waals surface area contributed by atoms with E-state index in [0.29, 0.717) is 11.4 Å². The van der Waals surface area contributed by atoms with Crippen LogP contribution < -0.4 is 4.31 Å². The maximum absolute atomic E-state index is 12.8. The van der Waals surface area contributed by atoms with Crippen LogP contribution >= 0.6 is 0 Å². The summed E-state index contributed by atoms with van der Waals surface area (Å²) in [4.78, 5) is 8.19. The Morgan fingerprint density at radius 3 is 2.45 bits per heavy atom. The lowest BCUT2D eigenvalue weighted by Gasteiger charge is -2.25. The van der Waals surface area contributed by atoms with Crippen LogP contribution in [0.2, 0.25) is 0 Å². The zero-order chi connectivity index (χ0) is 16.0. The molecule has 0 saturated carbocycles. The standard InChI is InChI=1S/C16H21N3O2S/c1-3-14(2)13-22(20,21)19(16-7-10-17-11-8-16)12-15-6-4-5-9-18-15/h4-11,14H,3,12-13H2,1-2H3/t14-/m0/s1. The largest absolute Gasteiger partial charge is 0.265 e. The van der Waals surface area contributed by atoms with Crippen molar-refractivity contribution in [3.05, 3.63) is 54.6 Å². The highest BCUT2D eigenvalue weighted by molar-refractivity contribution is 7.92. The Morgan fingerprint density at radius 1 is 1.14 bits per heavy atom. The number of hydrogen-bond acceptors (Lipinski definition) is 4. The van der Waals surface area contributed by atoms with Crippen molar-refractivity contribution < 1.29 is 8.42 Å². The van der Waals surface area contributed by atoms with Gasteiger partial charge in [-0.05, 0) is 30.2 Å². The molecule has 6 heteroatoms. The summed E-state index contributed by atoms with van der Waals surface area (Å²) in [7, 11) is -3.42. The molecule has 5 nitrogen and oxygen atoms in total. The van der Waals surface area contributed by atoms with Crippen molar-refractivity contribution in [2.75, 3.05) is 10.1 Å². The van der Waals surface area contributed by atoms with Gasteiger partial charge in [0.2, 0.25) is 10.0 Å². The molecule has 2 aromatic heterocycles. The van der Waals surface area contributed by atoms with Crippen LogP contribution in [-0.2, 0) is 16.6 Å². The molecule has 0 unspecified atom stereocenters. The fourth-order valence-electron chi connectivity index (χ4n) is 2.07. The molecule has 1 atom stereocenters. The number of pyridine rings is 2. The van der Waals surface area contributed by atoms with Crippen LogP contribution in [0.5, 0.6) is 0 Å². The number of hydrogen-bond donors (Lipinski definition) is 0. The highest BCUT2D eigenvalue weighted by Gasteiger charge is 2.25. The zero-order valence-corrected chi connectivity index (χ0v) is 13.7. The quantitative estimate of drug-likeness (QED) is 0.787. The van der Waals surface area contributed by atoms with Gasteiger partial charge >= 0.3 is 0 Å². The topological polar surface area (TPSA) is 63.2 Å². The Kier molecular flexibility index (Phi) is 5.49. The molecule has 0 aromatic carbocycles. The van der Waals surface area contributed by atoms with Gasteiger partial charge in [0.05, 0.1) is 23.7 Å². The van der Waals surface area contributed by atoms with Gasteiger partial charge in [0, 0.05) is 18.6 Å². The first-order chi connectivity index (χ1) is 10.5. The first kappa shape index (κ1) is 16.4. The Morgan fingerprint density at radius 2 is 1.86 bits per heavy atom. The smallest absolute Gasteiger partial charge is 0.235 e. The molecular formula is C16H21N3O2S. The maximum Gasteiger partial charge on any atom is 0.235 e. The molecule has 0 aliphatic heterocycles. The van der Waals surface area contributed by atoms with Gasteiger partial charge in [-0.15, -0.1) is 0 Å². The van der Waals surface area contributed by atoms with Crippen molar-refractivity contribution in [1.29, 1.82) is 0 Å². The summed E-state index contributed by atoms with van der Waals surface area (Å²) in [6.45, 7) is 4.17. The number of sulfonamides is 1. The van der Waals surface area contributed by atoms with E-state index in [-0.39, 0.29) is 18.2 Å².